The Morgan fingerprint density at radius 3 is 2.30 bits per heavy atom. The van der Waals surface area contributed by atoms with E-state index in [1.54, 1.807) is 19.1 Å². The summed E-state index contributed by atoms with van der Waals surface area (Å²) in [6.45, 7) is 7.34. The van der Waals surface area contributed by atoms with Crippen molar-refractivity contribution >= 4 is 37.7 Å². The topological polar surface area (TPSA) is 38.5 Å². The van der Waals surface area contributed by atoms with Gasteiger partial charge in [0.15, 0.2) is 0 Å². The molecular weight excluding hydrogens is 463 g/mol. The van der Waals surface area contributed by atoms with Gasteiger partial charge >= 0.3 is 30.3 Å². The van der Waals surface area contributed by atoms with Crippen LogP contribution >= 0.6 is 11.9 Å². The summed E-state index contributed by atoms with van der Waals surface area (Å²) in [5.74, 6) is 1.56. The van der Waals surface area contributed by atoms with Crippen molar-refractivity contribution < 1.29 is 4.74 Å². The first-order valence-corrected chi connectivity index (χ1v) is 11.6. The standard InChI is InChI=1S/C14H24N2OS.CH3.Pb/c1-12(2)11-16(10-4-9-15)18-14-7-5-13(17-3)6-8-14;;/h5-8,12H,4,9-11,15H2,1-3H3;1H3;. The second-order valence-electron chi connectivity index (χ2n) is 4.69. The van der Waals surface area contributed by atoms with Crippen LogP contribution in [0.5, 0.6) is 5.75 Å². The molecular formula is C15H27N2OPbS. The van der Waals surface area contributed by atoms with E-state index in [9.17, 15) is 0 Å². The van der Waals surface area contributed by atoms with Crippen LogP contribution in [0.3, 0.4) is 0 Å². The molecule has 0 bridgehead atoms. The van der Waals surface area contributed by atoms with Crippen LogP contribution in [0, 0.1) is 5.92 Å². The SMILES string of the molecule is COc1ccc(SN(CCCN)CC(C)C)cc1.[CH3][Pb]. The first kappa shape index (κ1) is 20.2. The first-order valence-electron chi connectivity index (χ1n) is 6.92. The number of hydrogen-bond donors (Lipinski definition) is 1. The summed E-state index contributed by atoms with van der Waals surface area (Å²) in [6.07, 6.45) is 1.04. The van der Waals surface area contributed by atoms with Gasteiger partial charge in [-0.25, -0.2) is 4.31 Å². The molecule has 0 fully saturated rings. The third-order valence-corrected chi connectivity index (χ3v) is 3.55. The van der Waals surface area contributed by atoms with Crippen LogP contribution in [0.1, 0.15) is 20.3 Å². The fraction of sp³-hybridized carbons (Fsp3) is 0.600. The Balaban J connectivity index is 0.00000172. The number of rotatable bonds is 8. The van der Waals surface area contributed by atoms with E-state index in [1.807, 2.05) is 12.1 Å². The number of nitrogens with zero attached hydrogens (tertiary/aromatic N) is 1. The molecule has 113 valence electrons. The van der Waals surface area contributed by atoms with Gasteiger partial charge in [0.1, 0.15) is 5.75 Å². The molecule has 0 aliphatic rings. The number of nitrogens with two attached hydrogens (primary N) is 1. The first-order chi connectivity index (χ1) is 9.65. The molecule has 0 saturated heterocycles. The van der Waals surface area contributed by atoms with Gasteiger partial charge in [-0.05, 0) is 55.1 Å². The molecule has 1 aromatic carbocycles. The quantitative estimate of drug-likeness (QED) is 0.449. The molecule has 0 aliphatic carbocycles. The average molecular weight is 491 g/mol. The molecule has 0 amide bonds. The fourth-order valence-electron chi connectivity index (χ4n) is 1.63. The minimum absolute atomic E-state index is 0.661. The Labute approximate surface area is 144 Å². The molecule has 0 unspecified atom stereocenters. The predicted octanol–water partition coefficient (Wildman–Crippen LogP) is 3.21. The monoisotopic (exact) mass is 491 g/mol. The molecule has 1 rings (SSSR count). The Kier molecular flexibility index (Phi) is 13.1. The van der Waals surface area contributed by atoms with Gasteiger partial charge in [-0.2, -0.15) is 0 Å². The average Bonchev–Trinajstić information content (AvgIpc) is 2.47. The summed E-state index contributed by atoms with van der Waals surface area (Å²) in [6, 6.07) is 8.19. The summed E-state index contributed by atoms with van der Waals surface area (Å²) in [4.78, 5) is 1.24. The molecule has 0 atom stereocenters. The molecule has 0 spiro atoms. The van der Waals surface area contributed by atoms with Crippen LogP contribution in [0.25, 0.3) is 0 Å². The second-order valence-corrected chi connectivity index (χ2v) is 5.86. The molecule has 5 heteroatoms. The Morgan fingerprint density at radius 1 is 1.25 bits per heavy atom. The maximum absolute atomic E-state index is 5.59. The number of hydrogen-bond acceptors (Lipinski definition) is 4. The zero-order chi connectivity index (χ0) is 15.4. The van der Waals surface area contributed by atoms with Crippen LogP contribution in [0.2, 0.25) is 4.48 Å². The van der Waals surface area contributed by atoms with E-state index in [0.717, 1.165) is 31.8 Å². The van der Waals surface area contributed by atoms with Crippen molar-refractivity contribution in [3.8, 4) is 5.75 Å². The van der Waals surface area contributed by atoms with Gasteiger partial charge in [-0.3, -0.25) is 0 Å². The van der Waals surface area contributed by atoms with Crippen LogP contribution in [0.4, 0.5) is 0 Å². The van der Waals surface area contributed by atoms with Crippen LogP contribution in [0.15, 0.2) is 29.2 Å². The molecule has 1 aromatic rings. The van der Waals surface area contributed by atoms with E-state index in [-0.39, 0.29) is 0 Å². The summed E-state index contributed by atoms with van der Waals surface area (Å²) in [5, 5.41) is 0. The minimum atomic E-state index is 0.661. The van der Waals surface area contributed by atoms with E-state index in [2.05, 4.69) is 34.8 Å². The van der Waals surface area contributed by atoms with Crippen LogP contribution in [-0.4, -0.2) is 56.8 Å². The molecule has 0 aliphatic heterocycles. The van der Waals surface area contributed by atoms with Crippen molar-refractivity contribution in [1.82, 2.24) is 4.31 Å². The van der Waals surface area contributed by atoms with Gasteiger partial charge in [-0.15, -0.1) is 0 Å². The van der Waals surface area contributed by atoms with Crippen LogP contribution < -0.4 is 10.5 Å². The summed E-state index contributed by atoms with van der Waals surface area (Å²) in [7, 11) is 1.69. The number of benzene rings is 1. The van der Waals surface area contributed by atoms with Crippen molar-refractivity contribution in [2.75, 3.05) is 26.7 Å². The number of ether oxygens (including phenoxy) is 1. The summed E-state index contributed by atoms with van der Waals surface area (Å²) in [5.41, 5.74) is 5.59. The van der Waals surface area contributed by atoms with E-state index < -0.39 is 0 Å². The van der Waals surface area contributed by atoms with Crippen molar-refractivity contribution in [2.45, 2.75) is 29.6 Å². The van der Waals surface area contributed by atoms with E-state index in [1.165, 1.54) is 30.7 Å². The van der Waals surface area contributed by atoms with Gasteiger partial charge in [-0.1, -0.05) is 13.8 Å². The zero-order valence-electron chi connectivity index (χ0n) is 13.1. The van der Waals surface area contributed by atoms with E-state index >= 15 is 0 Å². The van der Waals surface area contributed by atoms with Gasteiger partial charge in [0.2, 0.25) is 0 Å². The third kappa shape index (κ3) is 9.20. The normalized spacial score (nSPS) is 10.4. The molecule has 0 saturated carbocycles. The molecule has 0 heterocycles. The second kappa shape index (κ2) is 12.9. The van der Waals surface area contributed by atoms with Crippen molar-refractivity contribution in [3.05, 3.63) is 24.3 Å². The van der Waals surface area contributed by atoms with E-state index in [4.69, 9.17) is 10.5 Å². The van der Waals surface area contributed by atoms with Gasteiger partial charge in [0.25, 0.3) is 0 Å². The van der Waals surface area contributed by atoms with Crippen molar-refractivity contribution in [1.29, 1.82) is 0 Å². The van der Waals surface area contributed by atoms with Crippen LogP contribution in [-0.2, 0) is 0 Å². The van der Waals surface area contributed by atoms with Crippen molar-refractivity contribution in [3.63, 3.8) is 0 Å². The third-order valence-electron chi connectivity index (χ3n) is 2.47. The summed E-state index contributed by atoms with van der Waals surface area (Å²) >= 11 is 3.10. The summed E-state index contributed by atoms with van der Waals surface area (Å²) < 4.78 is 9.69. The molecule has 2 N–H and O–H groups in total. The zero-order valence-corrected chi connectivity index (χ0v) is 17.8. The Morgan fingerprint density at radius 2 is 1.85 bits per heavy atom. The van der Waals surface area contributed by atoms with E-state index in [0.29, 0.717) is 5.92 Å². The molecule has 0 aromatic heterocycles. The molecule has 3 nitrogen and oxygen atoms in total. The molecule has 3 radical (unpaired) electrons. The maximum atomic E-state index is 5.59. The van der Waals surface area contributed by atoms with Gasteiger partial charge in [0, 0.05) is 18.0 Å². The Bertz CT molecular complexity index is 333. The predicted molar refractivity (Wildman–Crippen MR) is 90.6 cm³/mol. The number of methoxy groups -OCH3 is 1. The molecule has 20 heavy (non-hydrogen) atoms. The van der Waals surface area contributed by atoms with Crippen molar-refractivity contribution in [2.24, 2.45) is 11.7 Å². The fourth-order valence-corrected chi connectivity index (χ4v) is 2.78. The Hall–Kier alpha value is 0.212. The van der Waals surface area contributed by atoms with Gasteiger partial charge < -0.3 is 10.5 Å². The van der Waals surface area contributed by atoms with Gasteiger partial charge in [0.05, 0.1) is 7.11 Å².